The fourth-order valence-electron chi connectivity index (χ4n) is 0.291. The summed E-state index contributed by atoms with van der Waals surface area (Å²) in [6, 6.07) is 0.256. The van der Waals surface area contributed by atoms with Crippen LogP contribution in [0.4, 0.5) is 0 Å². The van der Waals surface area contributed by atoms with Gasteiger partial charge in [0.25, 0.3) is 0 Å². The Morgan fingerprint density at radius 3 is 2.22 bits per heavy atom. The summed E-state index contributed by atoms with van der Waals surface area (Å²) < 4.78 is 0. The standard InChI is InChI=1S/C5H11NO2.Na.H/c1-4(2)6-3-5(7)8;;/h4,6H,3H2,1-2H3,(H,7,8);;. The maximum atomic E-state index is 9.84. The summed E-state index contributed by atoms with van der Waals surface area (Å²) in [5.74, 6) is -0.807. The average Bonchev–Trinajstić information content (AvgIpc) is 1.61. The second-order valence-electron chi connectivity index (χ2n) is 1.93. The third kappa shape index (κ3) is 11.8. The molecule has 2 N–H and O–H groups in total. The first-order valence-electron chi connectivity index (χ1n) is 2.58. The molecule has 0 rings (SSSR count). The number of carboxylic acids is 1. The van der Waals surface area contributed by atoms with Crippen LogP contribution >= 0.6 is 0 Å². The second-order valence-corrected chi connectivity index (χ2v) is 1.93. The molecule has 0 spiro atoms. The summed E-state index contributed by atoms with van der Waals surface area (Å²) in [6.07, 6.45) is 0. The fourth-order valence-corrected chi connectivity index (χ4v) is 0.291. The molecule has 3 nitrogen and oxygen atoms in total. The van der Waals surface area contributed by atoms with Gasteiger partial charge in [-0.05, 0) is 0 Å². The van der Waals surface area contributed by atoms with Crippen molar-refractivity contribution in [1.82, 2.24) is 5.32 Å². The number of aliphatic carboxylic acids is 1. The third-order valence-corrected chi connectivity index (χ3v) is 0.662. The van der Waals surface area contributed by atoms with Gasteiger partial charge >= 0.3 is 35.5 Å². The molecule has 4 heteroatoms. The van der Waals surface area contributed by atoms with Crippen molar-refractivity contribution in [3.63, 3.8) is 0 Å². The number of carboxylic acid groups (broad SMARTS) is 1. The van der Waals surface area contributed by atoms with E-state index >= 15 is 0 Å². The van der Waals surface area contributed by atoms with Gasteiger partial charge in [-0.25, -0.2) is 0 Å². The van der Waals surface area contributed by atoms with E-state index in [-0.39, 0.29) is 42.1 Å². The minimum absolute atomic E-state index is 0. The van der Waals surface area contributed by atoms with Gasteiger partial charge in [0.15, 0.2) is 0 Å². The molecule has 0 unspecified atom stereocenters. The number of hydrogen-bond acceptors (Lipinski definition) is 2. The molecule has 0 saturated carbocycles. The van der Waals surface area contributed by atoms with Crippen LogP contribution in [0.1, 0.15) is 13.8 Å². The van der Waals surface area contributed by atoms with Crippen molar-refractivity contribution < 1.29 is 9.90 Å². The Kier molecular flexibility index (Phi) is 8.83. The van der Waals surface area contributed by atoms with Crippen molar-refractivity contribution in [3.05, 3.63) is 0 Å². The molecular formula is C5H12NNaO2. The molecule has 0 aromatic carbocycles. The van der Waals surface area contributed by atoms with E-state index in [0.29, 0.717) is 0 Å². The van der Waals surface area contributed by atoms with E-state index in [4.69, 9.17) is 5.11 Å². The van der Waals surface area contributed by atoms with Gasteiger partial charge in [-0.3, -0.25) is 4.79 Å². The first kappa shape index (κ1) is 12.1. The molecule has 0 aliphatic heterocycles. The Hall–Kier alpha value is 0.430. The molecule has 0 bridgehead atoms. The molecule has 0 atom stereocenters. The number of hydrogen-bond donors (Lipinski definition) is 2. The molecule has 0 aromatic rings. The van der Waals surface area contributed by atoms with Crippen molar-refractivity contribution in [2.24, 2.45) is 0 Å². The first-order valence-corrected chi connectivity index (χ1v) is 2.58. The van der Waals surface area contributed by atoms with Crippen LogP contribution in [0.5, 0.6) is 0 Å². The summed E-state index contributed by atoms with van der Waals surface area (Å²) >= 11 is 0. The van der Waals surface area contributed by atoms with Gasteiger partial charge in [0.1, 0.15) is 0 Å². The van der Waals surface area contributed by atoms with Gasteiger partial charge in [-0.15, -0.1) is 0 Å². The van der Waals surface area contributed by atoms with Gasteiger partial charge in [0.05, 0.1) is 6.54 Å². The summed E-state index contributed by atoms with van der Waals surface area (Å²) in [6.45, 7) is 3.86. The van der Waals surface area contributed by atoms with Crippen molar-refractivity contribution >= 4 is 35.5 Å². The fraction of sp³-hybridized carbons (Fsp3) is 0.800. The zero-order chi connectivity index (χ0) is 6.57. The molecule has 0 aliphatic rings. The molecule has 0 saturated heterocycles. The summed E-state index contributed by atoms with van der Waals surface area (Å²) in [5, 5.41) is 10.8. The van der Waals surface area contributed by atoms with Gasteiger partial charge in [-0.2, -0.15) is 0 Å². The van der Waals surface area contributed by atoms with Crippen LogP contribution in [0.15, 0.2) is 0 Å². The monoisotopic (exact) mass is 141 g/mol. The van der Waals surface area contributed by atoms with Gasteiger partial charge in [0, 0.05) is 6.04 Å². The summed E-state index contributed by atoms with van der Waals surface area (Å²) in [4.78, 5) is 9.84. The maximum absolute atomic E-state index is 9.84. The molecular weight excluding hydrogens is 129 g/mol. The Bertz CT molecular complexity index is 85.0. The molecule has 0 radical (unpaired) electrons. The van der Waals surface area contributed by atoms with E-state index in [1.807, 2.05) is 13.8 Å². The quantitative estimate of drug-likeness (QED) is 0.517. The van der Waals surface area contributed by atoms with E-state index in [9.17, 15) is 4.79 Å². The van der Waals surface area contributed by atoms with Crippen LogP contribution in [0, 0.1) is 0 Å². The molecule has 0 fully saturated rings. The molecule has 0 amide bonds. The van der Waals surface area contributed by atoms with E-state index in [0.717, 1.165) is 0 Å². The van der Waals surface area contributed by atoms with E-state index in [1.54, 1.807) is 0 Å². The van der Waals surface area contributed by atoms with Crippen LogP contribution in [0.2, 0.25) is 0 Å². The Morgan fingerprint density at radius 1 is 1.67 bits per heavy atom. The zero-order valence-corrected chi connectivity index (χ0v) is 5.14. The van der Waals surface area contributed by atoms with Crippen molar-refractivity contribution in [1.29, 1.82) is 0 Å². The normalized spacial score (nSPS) is 8.78. The average molecular weight is 141 g/mol. The minimum atomic E-state index is -0.807. The first-order chi connectivity index (χ1) is 3.63. The predicted molar refractivity (Wildman–Crippen MR) is 37.9 cm³/mol. The summed E-state index contributed by atoms with van der Waals surface area (Å²) in [5.41, 5.74) is 0. The molecule has 0 heterocycles. The van der Waals surface area contributed by atoms with Crippen LogP contribution in [0.25, 0.3) is 0 Å². The van der Waals surface area contributed by atoms with Gasteiger partial charge < -0.3 is 10.4 Å². The molecule has 0 aliphatic carbocycles. The van der Waals surface area contributed by atoms with E-state index < -0.39 is 5.97 Å². The topological polar surface area (TPSA) is 49.3 Å². The molecule has 9 heavy (non-hydrogen) atoms. The summed E-state index contributed by atoms with van der Waals surface area (Å²) in [7, 11) is 0. The van der Waals surface area contributed by atoms with Crippen LogP contribution < -0.4 is 5.32 Å². The number of nitrogens with one attached hydrogen (secondary N) is 1. The van der Waals surface area contributed by atoms with Gasteiger partial charge in [-0.1, -0.05) is 13.8 Å². The second kappa shape index (κ2) is 6.55. The van der Waals surface area contributed by atoms with Crippen LogP contribution in [0.3, 0.4) is 0 Å². The van der Waals surface area contributed by atoms with Crippen molar-refractivity contribution in [3.8, 4) is 0 Å². The Balaban J connectivity index is 0. The molecule has 0 aromatic heterocycles. The Morgan fingerprint density at radius 2 is 2.11 bits per heavy atom. The third-order valence-electron chi connectivity index (χ3n) is 0.662. The Labute approximate surface area is 77.1 Å². The van der Waals surface area contributed by atoms with Crippen molar-refractivity contribution in [2.75, 3.05) is 6.54 Å². The van der Waals surface area contributed by atoms with Gasteiger partial charge in [0.2, 0.25) is 0 Å². The van der Waals surface area contributed by atoms with E-state index in [1.165, 1.54) is 0 Å². The molecule has 50 valence electrons. The number of rotatable bonds is 3. The van der Waals surface area contributed by atoms with E-state index in [2.05, 4.69) is 5.32 Å². The van der Waals surface area contributed by atoms with Crippen LogP contribution in [-0.2, 0) is 4.79 Å². The number of carbonyl (C=O) groups is 1. The predicted octanol–water partition coefficient (Wildman–Crippen LogP) is -0.580. The SMILES string of the molecule is CC(C)NCC(=O)O.[NaH]. The zero-order valence-electron chi connectivity index (χ0n) is 5.14. The van der Waals surface area contributed by atoms with Crippen LogP contribution in [-0.4, -0.2) is 53.2 Å². The van der Waals surface area contributed by atoms with Crippen molar-refractivity contribution in [2.45, 2.75) is 19.9 Å².